The van der Waals surface area contributed by atoms with E-state index < -0.39 is 0 Å². The third-order valence-corrected chi connectivity index (χ3v) is 3.70. The summed E-state index contributed by atoms with van der Waals surface area (Å²) in [4.78, 5) is 13.7. The van der Waals surface area contributed by atoms with Crippen LogP contribution in [0, 0.1) is 5.92 Å². The zero-order valence-electron chi connectivity index (χ0n) is 7.61. The highest BCUT2D eigenvalue weighted by Crippen LogP contribution is 2.44. The monoisotopic (exact) mass is 251 g/mol. The van der Waals surface area contributed by atoms with E-state index in [1.165, 1.54) is 0 Å². The van der Waals surface area contributed by atoms with Crippen LogP contribution >= 0.6 is 15.9 Å². The second-order valence-corrected chi connectivity index (χ2v) is 4.92. The van der Waals surface area contributed by atoms with Crippen molar-refractivity contribution in [1.82, 2.24) is 0 Å². The van der Waals surface area contributed by atoms with Gasteiger partial charge in [-0.25, -0.2) is 0 Å². The van der Waals surface area contributed by atoms with Crippen molar-refractivity contribution in [3.8, 4) is 0 Å². The van der Waals surface area contributed by atoms with Gasteiger partial charge in [-0.3, -0.25) is 4.79 Å². The predicted octanol–water partition coefficient (Wildman–Crippen LogP) is 2.57. The number of anilines is 1. The smallest absolute Gasteiger partial charge is 0.230 e. The van der Waals surface area contributed by atoms with E-state index >= 15 is 0 Å². The van der Waals surface area contributed by atoms with E-state index in [1.54, 1.807) is 0 Å². The van der Waals surface area contributed by atoms with E-state index in [0.717, 1.165) is 23.0 Å². The quantitative estimate of drug-likeness (QED) is 0.752. The number of hydrogen-bond donors (Lipinski definition) is 0. The summed E-state index contributed by atoms with van der Waals surface area (Å²) in [6.45, 7) is 0. The Morgan fingerprint density at radius 2 is 1.86 bits per heavy atom. The molecule has 0 unspecified atom stereocenters. The minimum Gasteiger partial charge on any atom is -0.309 e. The van der Waals surface area contributed by atoms with Gasteiger partial charge in [-0.15, -0.1) is 0 Å². The fourth-order valence-electron chi connectivity index (χ4n) is 2.32. The van der Waals surface area contributed by atoms with Crippen molar-refractivity contribution >= 4 is 27.5 Å². The topological polar surface area (TPSA) is 20.3 Å². The largest absolute Gasteiger partial charge is 0.309 e. The molecule has 1 aromatic rings. The van der Waals surface area contributed by atoms with E-state index in [0.29, 0.717) is 17.9 Å². The molecule has 2 saturated heterocycles. The van der Waals surface area contributed by atoms with Crippen LogP contribution in [0.25, 0.3) is 0 Å². The molecule has 1 aromatic carbocycles. The Kier molecular flexibility index (Phi) is 1.71. The summed E-state index contributed by atoms with van der Waals surface area (Å²) in [5.74, 6) is 0.640. The molecular weight excluding hydrogens is 242 g/mol. The van der Waals surface area contributed by atoms with Crippen molar-refractivity contribution in [2.45, 2.75) is 18.9 Å². The molecule has 1 saturated carbocycles. The molecule has 3 aliphatic rings. The minimum atomic E-state index is 0.317. The van der Waals surface area contributed by atoms with E-state index in [4.69, 9.17) is 0 Å². The van der Waals surface area contributed by atoms with Crippen LogP contribution in [0.1, 0.15) is 12.8 Å². The zero-order chi connectivity index (χ0) is 9.71. The standard InChI is InChI=1S/C11H10BrNO/c12-8-1-3-9(4-2-8)13-10-5-7(6-10)11(13)14/h1-4,7,10H,5-6H2. The molecule has 72 valence electrons. The maximum absolute atomic E-state index is 11.7. The molecule has 2 heterocycles. The Labute approximate surface area is 91.0 Å². The fourth-order valence-corrected chi connectivity index (χ4v) is 2.58. The number of rotatable bonds is 1. The third kappa shape index (κ3) is 1.05. The number of hydrogen-bond acceptors (Lipinski definition) is 1. The summed E-state index contributed by atoms with van der Waals surface area (Å²) < 4.78 is 1.06. The first kappa shape index (κ1) is 8.48. The maximum Gasteiger partial charge on any atom is 0.230 e. The van der Waals surface area contributed by atoms with E-state index in [9.17, 15) is 4.79 Å². The molecule has 2 aliphatic heterocycles. The second kappa shape index (κ2) is 2.83. The summed E-state index contributed by atoms with van der Waals surface area (Å²) in [5, 5.41) is 0. The first-order chi connectivity index (χ1) is 6.75. The number of benzene rings is 1. The lowest BCUT2D eigenvalue weighted by Gasteiger charge is -2.24. The summed E-state index contributed by atoms with van der Waals surface area (Å²) in [5.41, 5.74) is 1.04. The molecule has 0 spiro atoms. The van der Waals surface area contributed by atoms with Crippen LogP contribution < -0.4 is 4.90 Å². The molecule has 0 atom stereocenters. The van der Waals surface area contributed by atoms with E-state index in [1.807, 2.05) is 29.2 Å². The van der Waals surface area contributed by atoms with Crippen LogP contribution in [0.3, 0.4) is 0 Å². The summed E-state index contributed by atoms with van der Waals surface area (Å²) in [6.07, 6.45) is 2.13. The van der Waals surface area contributed by atoms with Gasteiger partial charge in [0.25, 0.3) is 0 Å². The number of carbonyl (C=O) groups is 1. The molecule has 0 radical (unpaired) electrons. The first-order valence-corrected chi connectivity index (χ1v) is 5.63. The Bertz CT molecular complexity index is 381. The highest BCUT2D eigenvalue weighted by molar-refractivity contribution is 9.10. The van der Waals surface area contributed by atoms with Crippen LogP contribution in [-0.4, -0.2) is 11.9 Å². The summed E-state index contributed by atoms with van der Waals surface area (Å²) in [6, 6.07) is 8.45. The first-order valence-electron chi connectivity index (χ1n) is 4.84. The molecule has 4 rings (SSSR count). The molecule has 0 aromatic heterocycles. The number of carbonyl (C=O) groups excluding carboxylic acids is 1. The minimum absolute atomic E-state index is 0.317. The predicted molar refractivity (Wildman–Crippen MR) is 58.1 cm³/mol. The van der Waals surface area contributed by atoms with Crippen LogP contribution in [0.4, 0.5) is 5.69 Å². The lowest BCUT2D eigenvalue weighted by atomic mass is 9.86. The average Bonchev–Trinajstić information content (AvgIpc) is 2.57. The normalized spacial score (nSPS) is 29.2. The third-order valence-electron chi connectivity index (χ3n) is 3.17. The Morgan fingerprint density at radius 1 is 1.21 bits per heavy atom. The molecular formula is C11H10BrNO. The molecule has 2 nitrogen and oxygen atoms in total. The van der Waals surface area contributed by atoms with Crippen molar-refractivity contribution in [3.63, 3.8) is 0 Å². The lowest BCUT2D eigenvalue weighted by Crippen LogP contribution is -2.29. The van der Waals surface area contributed by atoms with Gasteiger partial charge in [0.15, 0.2) is 0 Å². The second-order valence-electron chi connectivity index (χ2n) is 4.01. The van der Waals surface area contributed by atoms with Crippen LogP contribution in [-0.2, 0) is 4.79 Å². The van der Waals surface area contributed by atoms with Gasteiger partial charge in [-0.1, -0.05) is 15.9 Å². The van der Waals surface area contributed by atoms with E-state index in [-0.39, 0.29) is 0 Å². The molecule has 3 fully saturated rings. The highest BCUT2D eigenvalue weighted by Gasteiger charge is 2.50. The molecule has 14 heavy (non-hydrogen) atoms. The maximum atomic E-state index is 11.7. The number of fused-ring (bicyclic) bond motifs is 1. The number of halogens is 1. The fraction of sp³-hybridized carbons (Fsp3) is 0.364. The van der Waals surface area contributed by atoms with Crippen molar-refractivity contribution in [2.75, 3.05) is 4.90 Å². The van der Waals surface area contributed by atoms with Crippen molar-refractivity contribution in [1.29, 1.82) is 0 Å². The summed E-state index contributed by atoms with van der Waals surface area (Å²) >= 11 is 3.39. The Balaban J connectivity index is 1.96. The van der Waals surface area contributed by atoms with Gasteiger partial charge >= 0.3 is 0 Å². The van der Waals surface area contributed by atoms with Gasteiger partial charge in [0.1, 0.15) is 0 Å². The lowest BCUT2D eigenvalue weighted by molar-refractivity contribution is -0.119. The average molecular weight is 252 g/mol. The van der Waals surface area contributed by atoms with Crippen molar-refractivity contribution in [3.05, 3.63) is 28.7 Å². The van der Waals surface area contributed by atoms with Crippen LogP contribution in [0.2, 0.25) is 0 Å². The molecule has 1 aliphatic carbocycles. The van der Waals surface area contributed by atoms with E-state index in [2.05, 4.69) is 15.9 Å². The molecule has 3 heteroatoms. The van der Waals surface area contributed by atoms with Gasteiger partial charge in [-0.05, 0) is 37.1 Å². The van der Waals surface area contributed by atoms with Gasteiger partial charge in [-0.2, -0.15) is 0 Å². The van der Waals surface area contributed by atoms with Gasteiger partial charge in [0, 0.05) is 22.1 Å². The van der Waals surface area contributed by atoms with Crippen LogP contribution in [0.5, 0.6) is 0 Å². The zero-order valence-corrected chi connectivity index (χ0v) is 9.20. The Morgan fingerprint density at radius 3 is 2.36 bits per heavy atom. The molecule has 2 bridgehead atoms. The highest BCUT2D eigenvalue weighted by atomic mass is 79.9. The van der Waals surface area contributed by atoms with Crippen LogP contribution in [0.15, 0.2) is 28.7 Å². The van der Waals surface area contributed by atoms with Crippen molar-refractivity contribution < 1.29 is 4.79 Å². The molecule has 1 amide bonds. The van der Waals surface area contributed by atoms with Gasteiger partial charge < -0.3 is 4.90 Å². The van der Waals surface area contributed by atoms with Gasteiger partial charge in [0.05, 0.1) is 0 Å². The number of amides is 1. The SMILES string of the molecule is O=C1C2CC(C2)N1c1ccc(Br)cc1. The Hall–Kier alpha value is -0.830. The van der Waals surface area contributed by atoms with Gasteiger partial charge in [0.2, 0.25) is 5.91 Å². The number of nitrogens with zero attached hydrogens (tertiary/aromatic N) is 1. The molecule has 0 N–H and O–H groups in total. The van der Waals surface area contributed by atoms with Crippen molar-refractivity contribution in [2.24, 2.45) is 5.92 Å². The summed E-state index contributed by atoms with van der Waals surface area (Å²) in [7, 11) is 0.